The van der Waals surface area contributed by atoms with Crippen molar-refractivity contribution in [2.24, 2.45) is 4.99 Å². The van der Waals surface area contributed by atoms with E-state index in [0.717, 1.165) is 41.6 Å². The van der Waals surface area contributed by atoms with E-state index in [1.165, 1.54) is 24.8 Å². The second-order valence-corrected chi connectivity index (χ2v) is 7.17. The van der Waals surface area contributed by atoms with Crippen LogP contribution in [0.2, 0.25) is 5.02 Å². The molecule has 0 amide bonds. The van der Waals surface area contributed by atoms with Gasteiger partial charge in [-0.1, -0.05) is 61.2 Å². The summed E-state index contributed by atoms with van der Waals surface area (Å²) in [6.45, 7) is 0.791. The predicted molar refractivity (Wildman–Crippen MR) is 101 cm³/mol. The predicted octanol–water partition coefficient (Wildman–Crippen LogP) is 5.29. The average Bonchev–Trinajstić information content (AvgIpc) is 2.62. The minimum absolute atomic E-state index is 0.0616. The lowest BCUT2D eigenvalue weighted by Gasteiger charge is -2.42. The SMILES string of the molecule is Clc1ccc2c(c1)N=C(NCc1ccccc1)C1(CCCCC1)N2. The molecule has 1 spiro atoms. The van der Waals surface area contributed by atoms with Crippen molar-refractivity contribution in [3.8, 4) is 0 Å². The zero-order chi connectivity index (χ0) is 16.4. The Morgan fingerprint density at radius 1 is 1.04 bits per heavy atom. The van der Waals surface area contributed by atoms with Gasteiger partial charge in [-0.2, -0.15) is 0 Å². The molecule has 124 valence electrons. The fraction of sp³-hybridized carbons (Fsp3) is 0.350. The van der Waals surface area contributed by atoms with Crippen LogP contribution in [0.3, 0.4) is 0 Å². The Labute approximate surface area is 148 Å². The number of halogens is 1. The van der Waals surface area contributed by atoms with Gasteiger partial charge < -0.3 is 10.6 Å². The summed E-state index contributed by atoms with van der Waals surface area (Å²) in [6, 6.07) is 16.4. The molecule has 1 aliphatic carbocycles. The van der Waals surface area contributed by atoms with Gasteiger partial charge in [0.05, 0.1) is 16.9 Å². The lowest BCUT2D eigenvalue weighted by Crippen LogP contribution is -2.54. The molecule has 0 saturated heterocycles. The number of anilines is 1. The Balaban J connectivity index is 1.65. The Morgan fingerprint density at radius 2 is 1.83 bits per heavy atom. The number of hydrogen-bond acceptors (Lipinski definition) is 3. The minimum atomic E-state index is -0.0616. The smallest absolute Gasteiger partial charge is 0.128 e. The maximum absolute atomic E-state index is 6.16. The maximum atomic E-state index is 6.16. The molecule has 1 fully saturated rings. The van der Waals surface area contributed by atoms with E-state index in [1.54, 1.807) is 0 Å². The first kappa shape index (κ1) is 15.5. The lowest BCUT2D eigenvalue weighted by atomic mass is 9.79. The minimum Gasteiger partial charge on any atom is -0.371 e. The first-order valence-corrected chi connectivity index (χ1v) is 9.08. The number of nitrogens with zero attached hydrogens (tertiary/aromatic N) is 1. The van der Waals surface area contributed by atoms with Crippen molar-refractivity contribution in [1.29, 1.82) is 0 Å². The molecule has 24 heavy (non-hydrogen) atoms. The van der Waals surface area contributed by atoms with E-state index in [-0.39, 0.29) is 5.54 Å². The monoisotopic (exact) mass is 339 g/mol. The summed E-state index contributed by atoms with van der Waals surface area (Å²) in [6.07, 6.45) is 6.03. The highest BCUT2D eigenvalue weighted by atomic mass is 35.5. The molecule has 0 radical (unpaired) electrons. The molecular weight excluding hydrogens is 318 g/mol. The maximum Gasteiger partial charge on any atom is 0.128 e. The highest BCUT2D eigenvalue weighted by molar-refractivity contribution is 6.31. The molecule has 0 bridgehead atoms. The topological polar surface area (TPSA) is 36.4 Å². The van der Waals surface area contributed by atoms with Crippen LogP contribution in [-0.2, 0) is 6.54 Å². The van der Waals surface area contributed by atoms with Crippen molar-refractivity contribution in [2.45, 2.75) is 44.2 Å². The third-order valence-electron chi connectivity index (χ3n) is 5.03. The summed E-state index contributed by atoms with van der Waals surface area (Å²) in [5.41, 5.74) is 3.22. The van der Waals surface area contributed by atoms with Crippen LogP contribution in [-0.4, -0.2) is 11.4 Å². The summed E-state index contributed by atoms with van der Waals surface area (Å²) in [5.74, 6) is 1.06. The molecule has 4 rings (SSSR count). The van der Waals surface area contributed by atoms with Crippen LogP contribution in [0, 0.1) is 0 Å². The van der Waals surface area contributed by atoms with Crippen molar-refractivity contribution < 1.29 is 0 Å². The van der Waals surface area contributed by atoms with Gasteiger partial charge in [0, 0.05) is 11.6 Å². The molecule has 3 nitrogen and oxygen atoms in total. The third kappa shape index (κ3) is 3.01. The first-order chi connectivity index (χ1) is 11.8. The Kier molecular flexibility index (Phi) is 4.19. The molecule has 1 saturated carbocycles. The quantitative estimate of drug-likeness (QED) is 0.780. The molecule has 2 aromatic carbocycles. The lowest BCUT2D eigenvalue weighted by molar-refractivity contribution is 0.396. The largest absolute Gasteiger partial charge is 0.371 e. The van der Waals surface area contributed by atoms with E-state index in [1.807, 2.05) is 24.3 Å². The first-order valence-electron chi connectivity index (χ1n) is 8.70. The zero-order valence-corrected chi connectivity index (χ0v) is 14.4. The van der Waals surface area contributed by atoms with Gasteiger partial charge in [0.15, 0.2) is 0 Å². The number of amidine groups is 1. The van der Waals surface area contributed by atoms with Crippen LogP contribution in [0.4, 0.5) is 11.4 Å². The molecule has 0 aromatic heterocycles. The summed E-state index contributed by atoms with van der Waals surface area (Å²) >= 11 is 6.16. The molecule has 0 atom stereocenters. The fourth-order valence-electron chi connectivity index (χ4n) is 3.75. The molecule has 0 unspecified atom stereocenters. The van der Waals surface area contributed by atoms with E-state index < -0.39 is 0 Å². The standard InChI is InChI=1S/C20H22ClN3/c21-16-9-10-17-18(13-16)23-19(20(24-17)11-5-2-6-12-20)22-14-15-7-3-1-4-8-15/h1,3-4,7-10,13,24H,2,5-6,11-12,14H2,(H,22,23). The van der Waals surface area contributed by atoms with Crippen LogP contribution in [0.25, 0.3) is 0 Å². The molecule has 4 heteroatoms. The summed E-state index contributed by atoms with van der Waals surface area (Å²) < 4.78 is 0. The van der Waals surface area contributed by atoms with E-state index >= 15 is 0 Å². The number of fused-ring (bicyclic) bond motifs is 1. The third-order valence-corrected chi connectivity index (χ3v) is 5.26. The van der Waals surface area contributed by atoms with Crippen molar-refractivity contribution in [3.05, 3.63) is 59.1 Å². The van der Waals surface area contributed by atoms with Crippen LogP contribution in [0.1, 0.15) is 37.7 Å². The van der Waals surface area contributed by atoms with Gasteiger partial charge in [-0.15, -0.1) is 0 Å². The van der Waals surface area contributed by atoms with E-state index in [0.29, 0.717) is 0 Å². The van der Waals surface area contributed by atoms with Gasteiger partial charge in [0.1, 0.15) is 5.84 Å². The Morgan fingerprint density at radius 3 is 2.62 bits per heavy atom. The molecule has 1 aliphatic heterocycles. The second kappa shape index (κ2) is 6.48. The van der Waals surface area contributed by atoms with Gasteiger partial charge in [-0.05, 0) is 36.6 Å². The Bertz CT molecular complexity index is 749. The number of rotatable bonds is 2. The molecule has 2 aliphatic rings. The van der Waals surface area contributed by atoms with E-state index in [4.69, 9.17) is 16.6 Å². The Hall–Kier alpha value is -2.00. The van der Waals surface area contributed by atoms with E-state index in [9.17, 15) is 0 Å². The van der Waals surface area contributed by atoms with Crippen molar-refractivity contribution in [1.82, 2.24) is 5.32 Å². The van der Waals surface area contributed by atoms with Crippen LogP contribution in [0.5, 0.6) is 0 Å². The van der Waals surface area contributed by atoms with Gasteiger partial charge in [-0.25, -0.2) is 4.99 Å². The van der Waals surface area contributed by atoms with Crippen molar-refractivity contribution >= 4 is 28.8 Å². The summed E-state index contributed by atoms with van der Waals surface area (Å²) in [4.78, 5) is 4.96. The summed E-state index contributed by atoms with van der Waals surface area (Å²) in [7, 11) is 0. The van der Waals surface area contributed by atoms with Crippen LogP contribution in [0.15, 0.2) is 53.5 Å². The van der Waals surface area contributed by atoms with Crippen LogP contribution < -0.4 is 10.6 Å². The van der Waals surface area contributed by atoms with Gasteiger partial charge in [-0.3, -0.25) is 0 Å². The van der Waals surface area contributed by atoms with Crippen molar-refractivity contribution in [3.63, 3.8) is 0 Å². The zero-order valence-electron chi connectivity index (χ0n) is 13.7. The number of aliphatic imine (C=N–C) groups is 1. The van der Waals surface area contributed by atoms with Crippen molar-refractivity contribution in [2.75, 3.05) is 5.32 Å². The van der Waals surface area contributed by atoms with Gasteiger partial charge in [0.25, 0.3) is 0 Å². The number of hydrogen-bond donors (Lipinski definition) is 2. The number of benzene rings is 2. The molecule has 1 heterocycles. The normalized spacial score (nSPS) is 18.5. The number of nitrogens with one attached hydrogen (secondary N) is 2. The van der Waals surface area contributed by atoms with E-state index in [2.05, 4.69) is 34.9 Å². The molecular formula is C20H22ClN3. The highest BCUT2D eigenvalue weighted by Crippen LogP contribution is 2.41. The average molecular weight is 340 g/mol. The fourth-order valence-corrected chi connectivity index (χ4v) is 3.92. The molecule has 2 N–H and O–H groups in total. The summed E-state index contributed by atoms with van der Waals surface area (Å²) in [5, 5.41) is 8.10. The van der Waals surface area contributed by atoms with Gasteiger partial charge in [0.2, 0.25) is 0 Å². The van der Waals surface area contributed by atoms with Crippen LogP contribution >= 0.6 is 11.6 Å². The van der Waals surface area contributed by atoms with Gasteiger partial charge >= 0.3 is 0 Å². The second-order valence-electron chi connectivity index (χ2n) is 6.73. The highest BCUT2D eigenvalue weighted by Gasteiger charge is 2.40. The molecule has 2 aromatic rings.